The van der Waals surface area contributed by atoms with E-state index in [-0.39, 0.29) is 0 Å². The highest BCUT2D eigenvalue weighted by molar-refractivity contribution is 5.64. The fourth-order valence-corrected chi connectivity index (χ4v) is 1.76. The van der Waals surface area contributed by atoms with Gasteiger partial charge in [-0.3, -0.25) is 4.98 Å². The molecule has 1 heteroatoms. The van der Waals surface area contributed by atoms with Crippen LogP contribution < -0.4 is 0 Å². The van der Waals surface area contributed by atoms with Gasteiger partial charge in [0.05, 0.1) is 0 Å². The number of aromatic nitrogens is 1. The summed E-state index contributed by atoms with van der Waals surface area (Å²) < 4.78 is 0. The molecule has 98 valence electrons. The summed E-state index contributed by atoms with van der Waals surface area (Å²) in [6.45, 7) is 8.09. The van der Waals surface area contributed by atoms with E-state index in [1.807, 2.05) is 12.4 Å². The van der Waals surface area contributed by atoms with Gasteiger partial charge in [0.25, 0.3) is 0 Å². The minimum atomic E-state index is 1.03. The van der Waals surface area contributed by atoms with Crippen molar-refractivity contribution in [3.63, 3.8) is 0 Å². The summed E-state index contributed by atoms with van der Waals surface area (Å²) in [6, 6.07) is 8.78. The Balaban J connectivity index is 0.000000550. The van der Waals surface area contributed by atoms with Crippen molar-refractivity contribution >= 4 is 0 Å². The molecule has 2 rings (SSSR count). The molecule has 0 aliphatic heterocycles. The van der Waals surface area contributed by atoms with Crippen LogP contribution >= 0.6 is 0 Å². The van der Waals surface area contributed by atoms with Crippen LogP contribution in [0.2, 0.25) is 0 Å². The Morgan fingerprint density at radius 3 is 2.32 bits per heavy atom. The molecule has 0 atom stereocenters. The van der Waals surface area contributed by atoms with Crippen molar-refractivity contribution in [2.75, 3.05) is 0 Å². The Hall–Kier alpha value is -2.07. The quantitative estimate of drug-likeness (QED) is 0.713. The molecule has 1 heterocycles. The van der Waals surface area contributed by atoms with E-state index in [9.17, 15) is 0 Å². The highest BCUT2D eigenvalue weighted by Gasteiger charge is 2.01. The van der Waals surface area contributed by atoms with Gasteiger partial charge < -0.3 is 0 Å². The third kappa shape index (κ3) is 4.26. The zero-order valence-corrected chi connectivity index (χ0v) is 12.2. The molecule has 2 aromatic rings. The summed E-state index contributed by atoms with van der Waals surface area (Å²) in [5.41, 5.74) is 6.42. The van der Waals surface area contributed by atoms with Gasteiger partial charge in [-0.15, -0.1) is 12.3 Å². The summed E-state index contributed by atoms with van der Waals surface area (Å²) in [5.74, 6) is 2.25. The second-order valence-corrected chi connectivity index (χ2v) is 4.52. The number of aryl methyl sites for hydroxylation is 3. The summed E-state index contributed by atoms with van der Waals surface area (Å²) in [4.78, 5) is 4.28. The van der Waals surface area contributed by atoms with Gasteiger partial charge in [-0.25, -0.2) is 0 Å². The topological polar surface area (TPSA) is 12.9 Å². The first-order valence-electron chi connectivity index (χ1n) is 6.51. The van der Waals surface area contributed by atoms with E-state index in [1.165, 1.54) is 27.8 Å². The molecule has 0 bridgehead atoms. The molecule has 19 heavy (non-hydrogen) atoms. The van der Waals surface area contributed by atoms with Gasteiger partial charge in [0, 0.05) is 18.0 Å². The van der Waals surface area contributed by atoms with Crippen molar-refractivity contribution in [1.29, 1.82) is 0 Å². The second-order valence-electron chi connectivity index (χ2n) is 4.52. The first-order valence-corrected chi connectivity index (χ1v) is 6.51. The normalized spacial score (nSPS) is 9.21. The van der Waals surface area contributed by atoms with Crippen LogP contribution in [0.15, 0.2) is 36.7 Å². The highest BCUT2D eigenvalue weighted by atomic mass is 14.6. The molecule has 0 amide bonds. The van der Waals surface area contributed by atoms with Crippen molar-refractivity contribution in [3.05, 3.63) is 53.3 Å². The lowest BCUT2D eigenvalue weighted by Crippen LogP contribution is -1.87. The Morgan fingerprint density at radius 1 is 1.05 bits per heavy atom. The smallest absolute Gasteiger partial charge is 0.0346 e. The maximum absolute atomic E-state index is 4.60. The number of hydrogen-bond acceptors (Lipinski definition) is 1. The van der Waals surface area contributed by atoms with E-state index in [2.05, 4.69) is 62.4 Å². The average Bonchev–Trinajstić information content (AvgIpc) is 2.43. The monoisotopic (exact) mass is 251 g/mol. The SMILES string of the molecule is C#CC.CCc1cncc(-c2ccc(C)c(C)c2)c1. The minimum Gasteiger partial charge on any atom is -0.264 e. The summed E-state index contributed by atoms with van der Waals surface area (Å²) >= 11 is 0. The maximum atomic E-state index is 4.60. The fourth-order valence-electron chi connectivity index (χ4n) is 1.76. The number of terminal acetylenes is 1. The number of rotatable bonds is 2. The molecular weight excluding hydrogens is 230 g/mol. The van der Waals surface area contributed by atoms with E-state index in [0.29, 0.717) is 0 Å². The number of hydrogen-bond donors (Lipinski definition) is 0. The highest BCUT2D eigenvalue weighted by Crippen LogP contribution is 2.22. The van der Waals surface area contributed by atoms with Crippen molar-refractivity contribution < 1.29 is 0 Å². The lowest BCUT2D eigenvalue weighted by Gasteiger charge is -2.06. The number of pyridine rings is 1. The van der Waals surface area contributed by atoms with Gasteiger partial charge in [-0.05, 0) is 55.5 Å². The molecule has 1 aromatic heterocycles. The van der Waals surface area contributed by atoms with E-state index in [0.717, 1.165) is 6.42 Å². The maximum Gasteiger partial charge on any atom is 0.0346 e. The number of benzene rings is 1. The molecule has 0 saturated carbocycles. The van der Waals surface area contributed by atoms with Gasteiger partial charge in [-0.2, -0.15) is 0 Å². The Kier molecular flexibility index (Phi) is 5.82. The molecule has 0 unspecified atom stereocenters. The van der Waals surface area contributed by atoms with E-state index in [1.54, 1.807) is 6.92 Å². The zero-order chi connectivity index (χ0) is 14.3. The standard InChI is InChI=1S/C15H17N.C3H4/c1-4-13-8-15(10-16-9-13)14-6-5-11(2)12(3)7-14;1-3-2/h5-10H,4H2,1-3H3;1H,2H3. The Bertz CT molecular complexity index is 576. The summed E-state index contributed by atoms with van der Waals surface area (Å²) in [5, 5.41) is 0. The Labute approximate surface area is 116 Å². The van der Waals surface area contributed by atoms with E-state index < -0.39 is 0 Å². The van der Waals surface area contributed by atoms with Crippen molar-refractivity contribution in [2.45, 2.75) is 34.1 Å². The molecule has 0 aliphatic rings. The minimum absolute atomic E-state index is 1.03. The predicted molar refractivity (Wildman–Crippen MR) is 83.0 cm³/mol. The molecule has 0 aliphatic carbocycles. The van der Waals surface area contributed by atoms with Crippen LogP contribution in [0.5, 0.6) is 0 Å². The van der Waals surface area contributed by atoms with Crippen LogP contribution in [0.3, 0.4) is 0 Å². The van der Waals surface area contributed by atoms with Gasteiger partial charge in [0.2, 0.25) is 0 Å². The van der Waals surface area contributed by atoms with Gasteiger partial charge >= 0.3 is 0 Å². The van der Waals surface area contributed by atoms with Gasteiger partial charge in [0.15, 0.2) is 0 Å². The second kappa shape index (κ2) is 7.38. The third-order valence-corrected chi connectivity index (χ3v) is 3.04. The zero-order valence-electron chi connectivity index (χ0n) is 12.2. The largest absolute Gasteiger partial charge is 0.264 e. The molecule has 0 saturated heterocycles. The first kappa shape index (κ1) is 15.0. The van der Waals surface area contributed by atoms with E-state index in [4.69, 9.17) is 0 Å². The van der Waals surface area contributed by atoms with Crippen LogP contribution in [-0.4, -0.2) is 4.98 Å². The molecule has 0 fully saturated rings. The predicted octanol–water partition coefficient (Wildman–Crippen LogP) is 4.57. The molecule has 1 aromatic carbocycles. The van der Waals surface area contributed by atoms with Crippen LogP contribution in [0.1, 0.15) is 30.5 Å². The van der Waals surface area contributed by atoms with Crippen molar-refractivity contribution in [1.82, 2.24) is 4.98 Å². The molecule has 0 N–H and O–H groups in total. The molecule has 1 nitrogen and oxygen atoms in total. The molecular formula is C18H21N. The fraction of sp³-hybridized carbons (Fsp3) is 0.278. The lowest BCUT2D eigenvalue weighted by molar-refractivity contribution is 1.10. The summed E-state index contributed by atoms with van der Waals surface area (Å²) in [7, 11) is 0. The molecule has 0 radical (unpaired) electrons. The van der Waals surface area contributed by atoms with Crippen molar-refractivity contribution in [3.8, 4) is 23.5 Å². The van der Waals surface area contributed by atoms with E-state index >= 15 is 0 Å². The van der Waals surface area contributed by atoms with Gasteiger partial charge in [0.1, 0.15) is 0 Å². The Morgan fingerprint density at radius 2 is 1.74 bits per heavy atom. The van der Waals surface area contributed by atoms with Crippen LogP contribution in [0.25, 0.3) is 11.1 Å². The third-order valence-electron chi connectivity index (χ3n) is 3.04. The number of nitrogens with zero attached hydrogens (tertiary/aromatic N) is 1. The first-order chi connectivity index (χ1) is 9.12. The van der Waals surface area contributed by atoms with Crippen molar-refractivity contribution in [2.24, 2.45) is 0 Å². The molecule has 0 spiro atoms. The average molecular weight is 251 g/mol. The van der Waals surface area contributed by atoms with Gasteiger partial charge in [-0.1, -0.05) is 25.1 Å². The lowest BCUT2D eigenvalue weighted by atomic mass is 10.0. The summed E-state index contributed by atoms with van der Waals surface area (Å²) in [6.07, 6.45) is 9.50. The van der Waals surface area contributed by atoms with Crippen LogP contribution in [-0.2, 0) is 6.42 Å². The van der Waals surface area contributed by atoms with Crippen LogP contribution in [0.4, 0.5) is 0 Å². The van der Waals surface area contributed by atoms with Crippen LogP contribution in [0, 0.1) is 26.2 Å².